The van der Waals surface area contributed by atoms with E-state index in [1.54, 1.807) is 0 Å². The summed E-state index contributed by atoms with van der Waals surface area (Å²) in [5.41, 5.74) is 20.7. The zero-order valence-electron chi connectivity index (χ0n) is 33.6. The van der Waals surface area contributed by atoms with E-state index in [0.29, 0.717) is 5.82 Å². The standard InChI is InChI=1S/C59H36N2O/c1-2-14-37(15-3-1)38-26-28-39(29-27-38)54-36-55(40-30-32-48-47-21-9-13-25-56(47)62-57(48)35-40)61-58(60-54)41-31-33-53-49(34-41)43-17-5-4-16-42(43)44-18-6-10-22-50(44)59(53)51-23-11-7-19-45(51)46-20-8-12-24-52(46)59/h1-36H. The molecule has 0 unspecified atom stereocenters. The zero-order chi connectivity index (χ0) is 40.8. The molecule has 1 spiro atoms. The number of furan rings is 1. The summed E-state index contributed by atoms with van der Waals surface area (Å²) in [5.74, 6) is 0.664. The van der Waals surface area contributed by atoms with Crippen molar-refractivity contribution in [2.45, 2.75) is 5.41 Å². The Morgan fingerprint density at radius 2 is 0.758 bits per heavy atom. The van der Waals surface area contributed by atoms with Gasteiger partial charge in [-0.2, -0.15) is 0 Å². The average molecular weight is 789 g/mol. The van der Waals surface area contributed by atoms with Crippen LogP contribution in [-0.2, 0) is 5.41 Å². The Bertz CT molecular complexity index is 3540. The molecule has 2 aliphatic carbocycles. The Labute approximate surface area is 359 Å². The average Bonchev–Trinajstić information content (AvgIpc) is 3.84. The lowest BCUT2D eigenvalue weighted by Crippen LogP contribution is -2.29. The predicted octanol–water partition coefficient (Wildman–Crippen LogP) is 15.1. The summed E-state index contributed by atoms with van der Waals surface area (Å²) in [6, 6.07) is 78.7. The second-order valence-electron chi connectivity index (χ2n) is 16.4. The smallest absolute Gasteiger partial charge is 0.160 e. The van der Waals surface area contributed by atoms with Gasteiger partial charge in [0.2, 0.25) is 0 Å². The molecular weight excluding hydrogens is 753 g/mol. The fourth-order valence-electron chi connectivity index (χ4n) is 10.4. The summed E-state index contributed by atoms with van der Waals surface area (Å²) in [6.07, 6.45) is 0. The van der Waals surface area contributed by atoms with Crippen molar-refractivity contribution in [3.63, 3.8) is 0 Å². The lowest BCUT2D eigenvalue weighted by atomic mass is 9.66. The lowest BCUT2D eigenvalue weighted by Gasteiger charge is -2.35. The Morgan fingerprint density at radius 1 is 0.290 bits per heavy atom. The molecule has 13 rings (SSSR count). The van der Waals surface area contributed by atoms with Gasteiger partial charge in [0.15, 0.2) is 5.82 Å². The number of para-hydroxylation sites is 1. The summed E-state index contributed by atoms with van der Waals surface area (Å²) >= 11 is 0. The molecule has 11 aromatic rings. The van der Waals surface area contributed by atoms with Gasteiger partial charge in [-0.25, -0.2) is 9.97 Å². The van der Waals surface area contributed by atoms with Crippen LogP contribution in [0.5, 0.6) is 0 Å². The first kappa shape index (κ1) is 34.7. The summed E-state index contributed by atoms with van der Waals surface area (Å²) in [5, 5.41) is 2.19. The van der Waals surface area contributed by atoms with Crippen LogP contribution in [0, 0.1) is 0 Å². The number of hydrogen-bond acceptors (Lipinski definition) is 3. The van der Waals surface area contributed by atoms with Crippen molar-refractivity contribution in [2.24, 2.45) is 0 Å². The predicted molar refractivity (Wildman–Crippen MR) is 253 cm³/mol. The van der Waals surface area contributed by atoms with E-state index in [9.17, 15) is 0 Å². The molecule has 288 valence electrons. The fourth-order valence-corrected chi connectivity index (χ4v) is 10.4. The van der Waals surface area contributed by atoms with Crippen LogP contribution in [0.1, 0.15) is 22.3 Å². The monoisotopic (exact) mass is 788 g/mol. The second kappa shape index (κ2) is 13.4. The molecule has 0 aliphatic heterocycles. The van der Waals surface area contributed by atoms with Gasteiger partial charge in [-0.1, -0.05) is 188 Å². The van der Waals surface area contributed by atoms with E-state index >= 15 is 0 Å². The van der Waals surface area contributed by atoms with Crippen molar-refractivity contribution in [3.8, 4) is 78.4 Å². The van der Waals surface area contributed by atoms with Crippen molar-refractivity contribution in [1.29, 1.82) is 0 Å². The number of rotatable bonds is 4. The number of hydrogen-bond donors (Lipinski definition) is 0. The van der Waals surface area contributed by atoms with Gasteiger partial charge in [0, 0.05) is 27.5 Å². The molecule has 0 atom stereocenters. The molecule has 3 heteroatoms. The van der Waals surface area contributed by atoms with Crippen LogP contribution in [0.4, 0.5) is 0 Å². The van der Waals surface area contributed by atoms with Crippen molar-refractivity contribution in [3.05, 3.63) is 241 Å². The molecule has 0 N–H and O–H groups in total. The SMILES string of the molecule is c1ccc(-c2ccc(-c3cc(-c4ccc5c(c4)oc4ccccc45)nc(-c4ccc5c(c4)-c4ccccc4-c4ccccc4C54c5ccccc5-c5ccccc54)n3)cc2)cc1. The number of fused-ring (bicyclic) bond motifs is 15. The highest BCUT2D eigenvalue weighted by atomic mass is 16.3. The molecule has 2 aromatic heterocycles. The highest BCUT2D eigenvalue weighted by Crippen LogP contribution is 2.61. The highest BCUT2D eigenvalue weighted by Gasteiger charge is 2.49. The Balaban J connectivity index is 1.05. The summed E-state index contributed by atoms with van der Waals surface area (Å²) in [7, 11) is 0. The third-order valence-corrected chi connectivity index (χ3v) is 13.2. The fraction of sp³-hybridized carbons (Fsp3) is 0.0169. The molecule has 2 aliphatic rings. The molecule has 3 nitrogen and oxygen atoms in total. The largest absolute Gasteiger partial charge is 0.456 e. The quantitative estimate of drug-likeness (QED) is 0.178. The van der Waals surface area contributed by atoms with Gasteiger partial charge in [-0.3, -0.25) is 0 Å². The van der Waals surface area contributed by atoms with Crippen molar-refractivity contribution in [1.82, 2.24) is 9.97 Å². The van der Waals surface area contributed by atoms with Gasteiger partial charge in [0.1, 0.15) is 11.2 Å². The molecule has 0 amide bonds. The second-order valence-corrected chi connectivity index (χ2v) is 16.4. The molecule has 9 aromatic carbocycles. The van der Waals surface area contributed by atoms with Crippen LogP contribution in [0.2, 0.25) is 0 Å². The van der Waals surface area contributed by atoms with Gasteiger partial charge < -0.3 is 4.42 Å². The molecule has 0 saturated carbocycles. The Hall–Kier alpha value is -8.14. The summed E-state index contributed by atoms with van der Waals surface area (Å²) in [4.78, 5) is 10.8. The van der Waals surface area contributed by atoms with E-state index in [1.807, 2.05) is 12.1 Å². The maximum Gasteiger partial charge on any atom is 0.160 e. The Morgan fingerprint density at radius 3 is 1.45 bits per heavy atom. The summed E-state index contributed by atoms with van der Waals surface area (Å²) < 4.78 is 6.39. The van der Waals surface area contributed by atoms with Crippen LogP contribution in [0.25, 0.3) is 100 Å². The van der Waals surface area contributed by atoms with Crippen molar-refractivity contribution in [2.75, 3.05) is 0 Å². The molecule has 0 fully saturated rings. The lowest BCUT2D eigenvalue weighted by molar-refractivity contribution is 0.669. The minimum atomic E-state index is -0.549. The van der Waals surface area contributed by atoms with E-state index in [4.69, 9.17) is 14.4 Å². The van der Waals surface area contributed by atoms with Crippen molar-refractivity contribution < 1.29 is 4.42 Å². The van der Waals surface area contributed by atoms with E-state index < -0.39 is 5.41 Å². The van der Waals surface area contributed by atoms with Crippen LogP contribution >= 0.6 is 0 Å². The van der Waals surface area contributed by atoms with Gasteiger partial charge in [-0.15, -0.1) is 0 Å². The van der Waals surface area contributed by atoms with Gasteiger partial charge in [0.25, 0.3) is 0 Å². The first-order valence-corrected chi connectivity index (χ1v) is 21.2. The first-order chi connectivity index (χ1) is 30.7. The minimum Gasteiger partial charge on any atom is -0.456 e. The van der Waals surface area contributed by atoms with E-state index in [0.717, 1.165) is 55.6 Å². The van der Waals surface area contributed by atoms with Crippen LogP contribution in [0.3, 0.4) is 0 Å². The third-order valence-electron chi connectivity index (χ3n) is 13.2. The van der Waals surface area contributed by atoms with Crippen LogP contribution in [0.15, 0.2) is 223 Å². The molecule has 2 heterocycles. The molecular formula is C59H36N2O. The maximum atomic E-state index is 6.39. The van der Waals surface area contributed by atoms with Gasteiger partial charge in [0.05, 0.1) is 16.8 Å². The first-order valence-electron chi connectivity index (χ1n) is 21.2. The van der Waals surface area contributed by atoms with E-state index in [-0.39, 0.29) is 0 Å². The number of aromatic nitrogens is 2. The minimum absolute atomic E-state index is 0.549. The van der Waals surface area contributed by atoms with Crippen LogP contribution in [-0.4, -0.2) is 9.97 Å². The normalized spacial score (nSPS) is 13.0. The van der Waals surface area contributed by atoms with E-state index in [1.165, 1.54) is 61.2 Å². The Kier molecular flexibility index (Phi) is 7.52. The topological polar surface area (TPSA) is 38.9 Å². The van der Waals surface area contributed by atoms with E-state index in [2.05, 4.69) is 206 Å². The molecule has 0 saturated heterocycles. The number of nitrogens with zero attached hydrogens (tertiary/aromatic N) is 2. The third kappa shape index (κ3) is 5.06. The highest BCUT2D eigenvalue weighted by molar-refractivity contribution is 6.06. The van der Waals surface area contributed by atoms with Crippen LogP contribution < -0.4 is 0 Å². The summed E-state index contributed by atoms with van der Waals surface area (Å²) in [6.45, 7) is 0. The van der Waals surface area contributed by atoms with Gasteiger partial charge in [-0.05, 0) is 97.1 Å². The molecule has 62 heavy (non-hydrogen) atoms. The maximum absolute atomic E-state index is 6.39. The van der Waals surface area contributed by atoms with Gasteiger partial charge >= 0.3 is 0 Å². The number of benzene rings is 9. The molecule has 0 radical (unpaired) electrons. The molecule has 0 bridgehead atoms. The van der Waals surface area contributed by atoms with Crippen molar-refractivity contribution >= 4 is 21.9 Å². The zero-order valence-corrected chi connectivity index (χ0v) is 33.6.